The van der Waals surface area contributed by atoms with Gasteiger partial charge in [0.1, 0.15) is 6.04 Å². The molecule has 5 atom stereocenters. The molecular formula is C34H36N2O10S. The molecule has 0 saturated carbocycles. The van der Waals surface area contributed by atoms with Gasteiger partial charge in [-0.25, -0.2) is 4.79 Å². The summed E-state index contributed by atoms with van der Waals surface area (Å²) >= 11 is 1.58. The van der Waals surface area contributed by atoms with Crippen molar-refractivity contribution < 1.29 is 47.9 Å². The second-order valence-electron chi connectivity index (χ2n) is 11.4. The molecule has 0 spiro atoms. The third-order valence-electron chi connectivity index (χ3n) is 8.92. The largest absolute Gasteiger partial charge is 0.502 e. The van der Waals surface area contributed by atoms with Gasteiger partial charge in [0.15, 0.2) is 23.0 Å². The molecule has 3 aliphatic rings. The van der Waals surface area contributed by atoms with Gasteiger partial charge in [0.05, 0.1) is 39.9 Å². The van der Waals surface area contributed by atoms with Gasteiger partial charge >= 0.3 is 11.9 Å². The minimum Gasteiger partial charge on any atom is -0.502 e. The molecule has 0 unspecified atom stereocenters. The fourth-order valence-electron chi connectivity index (χ4n) is 6.61. The summed E-state index contributed by atoms with van der Waals surface area (Å²) in [6, 6.07) is 13.0. The minimum atomic E-state index is -0.747. The number of hydrogen-bond donors (Lipinski definition) is 3. The smallest absolute Gasteiger partial charge is 0.328 e. The number of aromatic hydroxyl groups is 1. The van der Waals surface area contributed by atoms with Gasteiger partial charge in [0.25, 0.3) is 5.91 Å². The van der Waals surface area contributed by atoms with Crippen molar-refractivity contribution in [2.45, 2.75) is 24.4 Å². The van der Waals surface area contributed by atoms with Crippen molar-refractivity contribution >= 4 is 35.3 Å². The van der Waals surface area contributed by atoms with Crippen LogP contribution in [0, 0.1) is 11.8 Å². The van der Waals surface area contributed by atoms with Gasteiger partial charge in [-0.1, -0.05) is 0 Å². The number of rotatable bonds is 11. The number of ether oxygens (including phenoxy) is 6. The number of esters is 2. The molecule has 248 valence electrons. The molecule has 3 N–H and O–H groups in total. The van der Waals surface area contributed by atoms with Crippen LogP contribution in [0.3, 0.4) is 0 Å². The number of phenols is 1. The van der Waals surface area contributed by atoms with E-state index in [0.29, 0.717) is 40.5 Å². The zero-order valence-corrected chi connectivity index (χ0v) is 27.2. The minimum absolute atomic E-state index is 0.0778. The van der Waals surface area contributed by atoms with E-state index in [1.165, 1.54) is 21.3 Å². The first kappa shape index (κ1) is 32.2. The summed E-state index contributed by atoms with van der Waals surface area (Å²) in [4.78, 5) is 38.7. The van der Waals surface area contributed by atoms with Crippen LogP contribution >= 0.6 is 11.8 Å². The van der Waals surface area contributed by atoms with Crippen LogP contribution in [-0.4, -0.2) is 75.7 Å². The number of carbonyl (C=O) groups is 3. The molecule has 1 fully saturated rings. The Balaban J connectivity index is 1.34. The molecular weight excluding hydrogens is 628 g/mol. The number of carbonyl (C=O) groups excluding carboxylic acids is 3. The van der Waals surface area contributed by atoms with Gasteiger partial charge in [-0.3, -0.25) is 9.59 Å². The lowest BCUT2D eigenvalue weighted by Gasteiger charge is -2.40. The lowest BCUT2D eigenvalue weighted by Crippen LogP contribution is -2.41. The highest BCUT2D eigenvalue weighted by atomic mass is 32.2. The van der Waals surface area contributed by atoms with Crippen LogP contribution in [0.5, 0.6) is 28.7 Å². The Morgan fingerprint density at radius 3 is 2.26 bits per heavy atom. The van der Waals surface area contributed by atoms with Gasteiger partial charge in [-0.15, -0.1) is 0 Å². The number of nitrogens with one attached hydrogen (secondary N) is 2. The van der Waals surface area contributed by atoms with E-state index >= 15 is 0 Å². The van der Waals surface area contributed by atoms with Crippen molar-refractivity contribution in [1.82, 2.24) is 5.32 Å². The van der Waals surface area contributed by atoms with Crippen LogP contribution in [0.4, 0.5) is 5.69 Å². The van der Waals surface area contributed by atoms with E-state index in [0.717, 1.165) is 11.1 Å². The first-order valence-corrected chi connectivity index (χ1v) is 16.5. The lowest BCUT2D eigenvalue weighted by molar-refractivity contribution is -0.143. The summed E-state index contributed by atoms with van der Waals surface area (Å²) in [5.74, 6) is -0.414. The van der Waals surface area contributed by atoms with E-state index in [2.05, 4.69) is 10.6 Å². The standard InChI is InChI=1S/C34H36N2O10S/c1-41-26-11-18(12-27(42-2)31(26)37)28-20-13-24-25(46-16-45-24)14-21(20)30(22-15-44-34(40)29(22)28)35-19-7-5-17(6-8-19)32(38)36-23(9-10-47-4)33(39)43-3/h5-8,11-14,22-23,28-30,35,37H,9-10,15-16H2,1-4H3,(H,36,38)/t22-,23-,28+,29-,30+/m0/s1. The van der Waals surface area contributed by atoms with Crippen molar-refractivity contribution in [3.05, 3.63) is 70.8 Å². The molecule has 0 aromatic heterocycles. The maximum absolute atomic E-state index is 13.5. The lowest BCUT2D eigenvalue weighted by atomic mass is 9.65. The highest BCUT2D eigenvalue weighted by molar-refractivity contribution is 7.98. The molecule has 3 aromatic rings. The van der Waals surface area contributed by atoms with Gasteiger partial charge < -0.3 is 44.2 Å². The number of benzene rings is 3. The molecule has 2 heterocycles. The number of thioether (sulfide) groups is 1. The number of anilines is 1. The zero-order chi connectivity index (χ0) is 33.2. The highest BCUT2D eigenvalue weighted by Crippen LogP contribution is 2.56. The van der Waals surface area contributed by atoms with Crippen molar-refractivity contribution in [1.29, 1.82) is 0 Å². The van der Waals surface area contributed by atoms with E-state index in [-0.39, 0.29) is 54.5 Å². The first-order chi connectivity index (χ1) is 22.8. The average Bonchev–Trinajstić information content (AvgIpc) is 3.71. The van der Waals surface area contributed by atoms with E-state index < -0.39 is 23.8 Å². The van der Waals surface area contributed by atoms with Crippen molar-refractivity contribution in [3.63, 3.8) is 0 Å². The average molecular weight is 665 g/mol. The second-order valence-corrected chi connectivity index (χ2v) is 12.4. The van der Waals surface area contributed by atoms with Gasteiger partial charge in [0, 0.05) is 23.1 Å². The summed E-state index contributed by atoms with van der Waals surface area (Å²) in [5.41, 5.74) is 3.53. The molecule has 2 aliphatic heterocycles. The van der Waals surface area contributed by atoms with Crippen LogP contribution in [0.25, 0.3) is 0 Å². The monoisotopic (exact) mass is 664 g/mol. The van der Waals surface area contributed by atoms with Crippen LogP contribution in [0.15, 0.2) is 48.5 Å². The van der Waals surface area contributed by atoms with Crippen molar-refractivity contribution in [2.75, 3.05) is 52.1 Å². The number of cyclic esters (lactones) is 1. The molecule has 1 saturated heterocycles. The van der Waals surface area contributed by atoms with Crippen molar-refractivity contribution in [3.8, 4) is 28.7 Å². The van der Waals surface area contributed by atoms with Crippen LogP contribution in [-0.2, 0) is 19.1 Å². The molecule has 0 radical (unpaired) electrons. The second kappa shape index (κ2) is 13.5. The number of phenolic OH excluding ortho intramolecular Hbond substituents is 1. The summed E-state index contributed by atoms with van der Waals surface area (Å²) in [5, 5.41) is 17.0. The molecule has 12 nitrogen and oxygen atoms in total. The number of hydrogen-bond acceptors (Lipinski definition) is 12. The predicted octanol–water partition coefficient (Wildman–Crippen LogP) is 4.25. The molecule has 13 heteroatoms. The Morgan fingerprint density at radius 1 is 0.979 bits per heavy atom. The normalized spacial score (nSPS) is 21.1. The quantitative estimate of drug-likeness (QED) is 0.252. The van der Waals surface area contributed by atoms with E-state index in [9.17, 15) is 19.5 Å². The fourth-order valence-corrected chi connectivity index (χ4v) is 7.08. The fraction of sp³-hybridized carbons (Fsp3) is 0.382. The van der Waals surface area contributed by atoms with Gasteiger partial charge in [-0.2, -0.15) is 11.8 Å². The maximum atomic E-state index is 13.5. The van der Waals surface area contributed by atoms with E-state index in [1.807, 2.05) is 18.4 Å². The first-order valence-electron chi connectivity index (χ1n) is 15.1. The third kappa shape index (κ3) is 6.07. The number of methoxy groups -OCH3 is 3. The van der Waals surface area contributed by atoms with E-state index in [4.69, 9.17) is 28.4 Å². The van der Waals surface area contributed by atoms with Gasteiger partial charge in [-0.05, 0) is 83.7 Å². The zero-order valence-electron chi connectivity index (χ0n) is 26.4. The molecule has 47 heavy (non-hydrogen) atoms. The Kier molecular flexibility index (Phi) is 9.26. The van der Waals surface area contributed by atoms with Crippen molar-refractivity contribution in [2.24, 2.45) is 11.8 Å². The third-order valence-corrected chi connectivity index (χ3v) is 9.56. The Hall–Kier alpha value is -4.78. The summed E-state index contributed by atoms with van der Waals surface area (Å²) in [7, 11) is 4.21. The topological polar surface area (TPSA) is 151 Å². The Morgan fingerprint density at radius 2 is 1.64 bits per heavy atom. The SMILES string of the molecule is COC(=O)[C@H](CCSC)NC(=O)c1ccc(N[C@@H]2c3cc4c(cc3[C@@H](c3cc(OC)c(O)c(OC)c3)[C@H]3C(=O)OC[C@@H]32)OCO4)cc1. The summed E-state index contributed by atoms with van der Waals surface area (Å²) < 4.78 is 32.9. The molecule has 0 bridgehead atoms. The predicted molar refractivity (Wildman–Crippen MR) is 173 cm³/mol. The van der Waals surface area contributed by atoms with Crippen LogP contribution in [0.2, 0.25) is 0 Å². The molecule has 1 amide bonds. The van der Waals surface area contributed by atoms with Crippen LogP contribution < -0.4 is 29.6 Å². The molecule has 1 aliphatic carbocycles. The van der Waals surface area contributed by atoms with E-state index in [1.54, 1.807) is 48.2 Å². The summed E-state index contributed by atoms with van der Waals surface area (Å²) in [6.07, 6.45) is 2.38. The number of amides is 1. The highest BCUT2D eigenvalue weighted by Gasteiger charge is 2.52. The number of fused-ring (bicyclic) bond motifs is 3. The Labute approximate surface area is 276 Å². The Bertz CT molecular complexity index is 1660. The summed E-state index contributed by atoms with van der Waals surface area (Å²) in [6.45, 7) is 0.262. The van der Waals surface area contributed by atoms with Gasteiger partial charge in [0.2, 0.25) is 12.5 Å². The molecule has 3 aromatic carbocycles. The molecule has 6 rings (SSSR count). The maximum Gasteiger partial charge on any atom is 0.328 e. The van der Waals surface area contributed by atoms with Crippen LogP contribution in [0.1, 0.15) is 45.4 Å².